The van der Waals surface area contributed by atoms with Crippen molar-refractivity contribution in [3.05, 3.63) is 47.8 Å². The van der Waals surface area contributed by atoms with E-state index in [9.17, 15) is 14.4 Å². The van der Waals surface area contributed by atoms with Crippen LogP contribution in [0, 0.1) is 5.82 Å². The highest BCUT2D eigenvalue weighted by molar-refractivity contribution is 5.83. The summed E-state index contributed by atoms with van der Waals surface area (Å²) < 4.78 is 14.3. The van der Waals surface area contributed by atoms with Gasteiger partial charge < -0.3 is 10.2 Å². The molecule has 1 aliphatic heterocycles. The zero-order valence-corrected chi connectivity index (χ0v) is 13.9. The lowest BCUT2D eigenvalue weighted by molar-refractivity contribution is -0.144. The van der Waals surface area contributed by atoms with E-state index < -0.39 is 11.7 Å². The molecule has 0 bridgehead atoms. The van der Waals surface area contributed by atoms with Gasteiger partial charge in [0.2, 0.25) is 0 Å². The van der Waals surface area contributed by atoms with Gasteiger partial charge in [-0.2, -0.15) is 0 Å². The second-order valence-electron chi connectivity index (χ2n) is 5.80. The summed E-state index contributed by atoms with van der Waals surface area (Å²) in [5, 5.41) is 14.3. The minimum atomic E-state index is -0.537. The molecule has 1 aromatic carbocycles. The Labute approximate surface area is 144 Å². The van der Waals surface area contributed by atoms with Gasteiger partial charge in [-0.25, -0.2) is 14.8 Å². The third-order valence-corrected chi connectivity index (χ3v) is 3.70. The predicted molar refractivity (Wildman–Crippen MR) is 91.4 cm³/mol. The Morgan fingerprint density at radius 1 is 1.36 bits per heavy atom. The lowest BCUT2D eigenvalue weighted by atomic mass is 10.2. The molecule has 9 heteroatoms. The number of carbonyl (C=O) groups is 1. The summed E-state index contributed by atoms with van der Waals surface area (Å²) in [6, 6.07) is 10.2. The first-order valence-corrected chi connectivity index (χ1v) is 7.66. The third kappa shape index (κ3) is 3.78. The fourth-order valence-electron chi connectivity index (χ4n) is 2.43. The Balaban J connectivity index is 1.69. The molecule has 1 fully saturated rings. The Kier molecular flexibility index (Phi) is 4.68. The van der Waals surface area contributed by atoms with Crippen molar-refractivity contribution < 1.29 is 14.4 Å². The van der Waals surface area contributed by atoms with E-state index in [1.54, 1.807) is 6.07 Å². The molecule has 0 aliphatic carbocycles. The van der Waals surface area contributed by atoms with E-state index >= 15 is 0 Å². The van der Waals surface area contributed by atoms with Gasteiger partial charge in [0.15, 0.2) is 0 Å². The summed E-state index contributed by atoms with van der Waals surface area (Å²) in [5.74, 6) is 0.552. The van der Waals surface area contributed by atoms with Gasteiger partial charge in [-0.15, -0.1) is 0 Å². The Morgan fingerprint density at radius 3 is 2.80 bits per heavy atom. The van der Waals surface area contributed by atoms with Gasteiger partial charge in [0.1, 0.15) is 24.0 Å². The number of amides is 1. The molecule has 0 atom stereocenters. The first-order valence-electron chi connectivity index (χ1n) is 7.66. The zero-order chi connectivity index (χ0) is 18.0. The number of aromatic nitrogens is 1. The summed E-state index contributed by atoms with van der Waals surface area (Å²) in [4.78, 5) is 17.6. The average Bonchev–Trinajstić information content (AvgIpc) is 2.91. The van der Waals surface area contributed by atoms with Crippen LogP contribution in [0.15, 0.2) is 36.4 Å². The van der Waals surface area contributed by atoms with Crippen molar-refractivity contribution >= 4 is 23.2 Å². The molecule has 25 heavy (non-hydrogen) atoms. The number of halogens is 1. The van der Waals surface area contributed by atoms with Gasteiger partial charge in [-0.3, -0.25) is 15.0 Å². The summed E-state index contributed by atoms with van der Waals surface area (Å²) in [6.07, 6.45) is 0. The second-order valence-corrected chi connectivity index (χ2v) is 5.80. The molecule has 0 unspecified atom stereocenters. The fraction of sp³-hybridized carbons (Fsp3) is 0.250. The molecular weight excluding hydrogens is 327 g/mol. The van der Waals surface area contributed by atoms with Crippen LogP contribution >= 0.6 is 0 Å². The average molecular weight is 346 g/mol. The van der Waals surface area contributed by atoms with Crippen LogP contribution in [-0.4, -0.2) is 42.0 Å². The fourth-order valence-corrected chi connectivity index (χ4v) is 2.43. The molecule has 1 aliphatic rings. The molecule has 0 radical (unpaired) electrons. The molecule has 3 N–H and O–H groups in total. The minimum absolute atomic E-state index is 0.109. The number of benzene rings is 1. The first kappa shape index (κ1) is 16.9. The number of pyridine rings is 1. The molecular formula is C16H19FN6O2. The van der Waals surface area contributed by atoms with E-state index in [-0.39, 0.29) is 12.2 Å². The normalized spacial score (nSPS) is 14.6. The van der Waals surface area contributed by atoms with Gasteiger partial charge in [-0.05, 0) is 35.1 Å². The first-order chi connectivity index (χ1) is 11.9. The van der Waals surface area contributed by atoms with Crippen LogP contribution in [-0.2, 0) is 11.3 Å². The topological polar surface area (TPSA) is 84.0 Å². The van der Waals surface area contributed by atoms with Crippen LogP contribution in [0.5, 0.6) is 0 Å². The van der Waals surface area contributed by atoms with Crippen molar-refractivity contribution in [1.29, 1.82) is 0 Å². The van der Waals surface area contributed by atoms with Crippen molar-refractivity contribution in [2.45, 2.75) is 6.54 Å². The van der Waals surface area contributed by atoms with E-state index in [0.717, 1.165) is 10.8 Å². The minimum Gasteiger partial charge on any atom is -0.366 e. The maximum Gasteiger partial charge on any atom is 0.258 e. The van der Waals surface area contributed by atoms with E-state index in [0.29, 0.717) is 23.2 Å². The van der Waals surface area contributed by atoms with Crippen molar-refractivity contribution in [1.82, 2.24) is 15.7 Å². The van der Waals surface area contributed by atoms with E-state index in [1.807, 2.05) is 37.2 Å². The van der Waals surface area contributed by atoms with Crippen LogP contribution < -0.4 is 20.7 Å². The molecule has 2 heterocycles. The number of carbonyl (C=O) groups excluding carboxylic acids is 1. The van der Waals surface area contributed by atoms with Crippen molar-refractivity contribution in [3.8, 4) is 0 Å². The summed E-state index contributed by atoms with van der Waals surface area (Å²) in [5.41, 5.74) is 2.97. The van der Waals surface area contributed by atoms with Gasteiger partial charge in [0.25, 0.3) is 5.91 Å². The second kappa shape index (κ2) is 6.91. The highest BCUT2D eigenvalue weighted by Gasteiger charge is 2.28. The van der Waals surface area contributed by atoms with Crippen molar-refractivity contribution in [2.75, 3.05) is 35.9 Å². The van der Waals surface area contributed by atoms with Gasteiger partial charge in [0.05, 0.1) is 5.69 Å². The largest absolute Gasteiger partial charge is 0.366 e. The summed E-state index contributed by atoms with van der Waals surface area (Å²) in [7, 11) is 3.81. The lowest BCUT2D eigenvalue weighted by Crippen LogP contribution is -2.39. The molecule has 2 aromatic rings. The molecule has 3 rings (SSSR count). The Bertz CT molecular complexity index is 785. The number of nitrogens with zero attached hydrogens (tertiary/aromatic N) is 4. The number of hydrazine groups is 2. The quantitative estimate of drug-likeness (QED) is 0.754. The number of rotatable bonds is 5. The van der Waals surface area contributed by atoms with Crippen molar-refractivity contribution in [3.63, 3.8) is 0 Å². The molecule has 0 saturated carbocycles. The molecule has 1 aromatic heterocycles. The Morgan fingerprint density at radius 2 is 2.16 bits per heavy atom. The SMILES string of the molecule is CN(C)c1cccc(NCc2ccc(N3CC(=O)NN3O)c(F)c2)n1. The molecule has 1 saturated heterocycles. The van der Waals surface area contributed by atoms with Crippen LogP contribution in [0.4, 0.5) is 21.7 Å². The summed E-state index contributed by atoms with van der Waals surface area (Å²) >= 11 is 0. The highest BCUT2D eigenvalue weighted by atomic mass is 19.1. The van der Waals surface area contributed by atoms with Crippen LogP contribution in [0.25, 0.3) is 0 Å². The molecule has 8 nitrogen and oxygen atoms in total. The molecule has 0 spiro atoms. The van der Waals surface area contributed by atoms with E-state index in [1.165, 1.54) is 12.1 Å². The molecule has 132 valence electrons. The van der Waals surface area contributed by atoms with Crippen LogP contribution in [0.1, 0.15) is 5.56 Å². The summed E-state index contributed by atoms with van der Waals surface area (Å²) in [6.45, 7) is 0.243. The van der Waals surface area contributed by atoms with Gasteiger partial charge in [0, 0.05) is 20.6 Å². The van der Waals surface area contributed by atoms with E-state index in [2.05, 4.69) is 15.7 Å². The monoisotopic (exact) mass is 346 g/mol. The lowest BCUT2D eigenvalue weighted by Gasteiger charge is -2.22. The zero-order valence-electron chi connectivity index (χ0n) is 13.9. The maximum absolute atomic E-state index is 14.3. The number of anilines is 3. The van der Waals surface area contributed by atoms with Gasteiger partial charge >= 0.3 is 0 Å². The Hall–Kier alpha value is -2.91. The molecule has 1 amide bonds. The highest BCUT2D eigenvalue weighted by Crippen LogP contribution is 2.23. The standard InChI is InChI=1S/C16H19FN6O2/c1-21(2)15-5-3-4-14(19-15)18-9-11-6-7-13(12(17)8-11)22-10-16(24)20-23(22)25/h3-8,25H,9-10H2,1-2H3,(H,18,19)(H,20,24). The van der Waals surface area contributed by atoms with Gasteiger partial charge in [-0.1, -0.05) is 12.1 Å². The van der Waals surface area contributed by atoms with Crippen molar-refractivity contribution in [2.24, 2.45) is 0 Å². The van der Waals surface area contributed by atoms with E-state index in [4.69, 9.17) is 0 Å². The van der Waals surface area contributed by atoms with Crippen LogP contribution in [0.3, 0.4) is 0 Å². The smallest absolute Gasteiger partial charge is 0.258 e. The van der Waals surface area contributed by atoms with Crippen LogP contribution in [0.2, 0.25) is 0 Å². The third-order valence-electron chi connectivity index (χ3n) is 3.70. The number of hydrogen-bond donors (Lipinski definition) is 3. The predicted octanol–water partition coefficient (Wildman–Crippen LogP) is 1.36. The maximum atomic E-state index is 14.3. The number of hydrogen-bond acceptors (Lipinski definition) is 7. The number of nitrogens with one attached hydrogen (secondary N) is 2.